The number of halogens is 4. The summed E-state index contributed by atoms with van der Waals surface area (Å²) in [4.78, 5) is 67.2. The maximum absolute atomic E-state index is 13.1. The molecule has 141 heavy (non-hydrogen) atoms. The zero-order valence-electron chi connectivity index (χ0n) is 78.5. The number of sulfonamides is 2. The molecule has 0 amide bonds. The zero-order chi connectivity index (χ0) is 98.3. The smallest absolute Gasteiger partial charge is 0.316 e. The van der Waals surface area contributed by atoms with Crippen LogP contribution in [-0.4, -0.2) is 216 Å². The molecule has 37 heteroatoms. The molecule has 726 valence electrons. The molecule has 4 saturated heterocycles. The fourth-order valence-electron chi connectivity index (χ4n) is 17.8. The minimum Gasteiger partial charge on any atom is -0.481 e. The number of rotatable bonds is 29. The van der Waals surface area contributed by atoms with Crippen LogP contribution in [0.4, 0.5) is 46.5 Å². The molecule has 0 atom stereocenters. The maximum atomic E-state index is 13.1. The van der Waals surface area contributed by atoms with E-state index in [0.717, 1.165) is 277 Å². The van der Waals surface area contributed by atoms with Crippen molar-refractivity contribution in [3.8, 4) is 11.9 Å². The molecule has 0 saturated carbocycles. The van der Waals surface area contributed by atoms with Gasteiger partial charge in [-0.05, 0) is 164 Å². The minimum absolute atomic E-state index is 0.0903. The van der Waals surface area contributed by atoms with Gasteiger partial charge in [0.1, 0.15) is 71.8 Å². The van der Waals surface area contributed by atoms with E-state index in [9.17, 15) is 34.4 Å². The van der Waals surface area contributed by atoms with Gasteiger partial charge in [0.2, 0.25) is 25.9 Å². The second-order valence-corrected chi connectivity index (χ2v) is 38.1. The highest BCUT2D eigenvalue weighted by Crippen LogP contribution is 2.41. The number of piperazine rings is 4. The fraction of sp³-hybridized carbons (Fsp3) is 0.260. The average Bonchev–Trinajstić information content (AvgIpc) is 1.65. The average molecular weight is 1950 g/mol. The Balaban J connectivity index is 0.000000130. The van der Waals surface area contributed by atoms with Gasteiger partial charge in [-0.15, -0.1) is 0 Å². The van der Waals surface area contributed by atoms with Crippen molar-refractivity contribution >= 4 is 95.6 Å². The van der Waals surface area contributed by atoms with Gasteiger partial charge in [0.05, 0.1) is 71.4 Å². The normalized spacial score (nSPS) is 15.2. The van der Waals surface area contributed by atoms with Crippen LogP contribution in [0.2, 0.25) is 0 Å². The summed E-state index contributed by atoms with van der Waals surface area (Å²) in [5.41, 5.74) is 20.8. The molecular weight excluding hydrogens is 1840 g/mol. The van der Waals surface area contributed by atoms with Crippen molar-refractivity contribution in [2.45, 2.75) is 56.8 Å². The number of nitrogens with zero attached hydrogens (tertiary/aromatic N) is 19. The van der Waals surface area contributed by atoms with E-state index in [-0.39, 0.29) is 28.2 Å². The van der Waals surface area contributed by atoms with E-state index >= 15 is 0 Å². The number of benzene rings is 6. The Labute approximate surface area is 817 Å². The third-order valence-corrected chi connectivity index (χ3v) is 27.1. The first-order valence-corrected chi connectivity index (χ1v) is 49.6. The summed E-state index contributed by atoms with van der Waals surface area (Å²) in [6.07, 6.45) is 24.2. The summed E-state index contributed by atoms with van der Waals surface area (Å²) in [6, 6.07) is 44.3. The number of allylic oxidation sites excluding steroid dienone is 4. The quantitative estimate of drug-likeness (QED) is 0.0237. The van der Waals surface area contributed by atoms with Crippen LogP contribution < -0.4 is 60.2 Å². The SMILES string of the molecule is C=C(NCc1ccc(F)cc1)N1CCN(c2ncnc3c2C=C(c2cccc(NS(C)(=O)=O)c2)C3)CC1.C=C(NCc1ccc(F)cc1)N1CCN(c2ncnc3c2C=C(c2cccc(S(N)(=O)=O)c2)C3)CC1.C=C(NCc1ccc(F)cc1)N1CCN(c2ncnc3c2C=C(c2ccnc(OC)c2)C3)CC1.C=C(NCc1ccc(F)cc1)N1CCN(c2ncnc3c2C=C(c2cnc(OC)nc2)C3)CC1. The van der Waals surface area contributed by atoms with Crippen LogP contribution in [0.5, 0.6) is 11.9 Å². The number of anilines is 5. The van der Waals surface area contributed by atoms with Gasteiger partial charge in [-0.25, -0.2) is 94.4 Å². The molecule has 0 unspecified atom stereocenters. The molecule has 6 aromatic heterocycles. The summed E-state index contributed by atoms with van der Waals surface area (Å²) >= 11 is 0. The summed E-state index contributed by atoms with van der Waals surface area (Å²) < 4.78 is 112. The molecule has 12 aromatic rings. The van der Waals surface area contributed by atoms with E-state index in [0.29, 0.717) is 56.6 Å². The van der Waals surface area contributed by atoms with Crippen molar-refractivity contribution in [2.75, 3.05) is 150 Å². The Bertz CT molecular complexity index is 6960. The standard InChI is InChI=1S/C27H29FN6O2S.C26H27FN6O2S.C26H27FN6O.C25H26FN7O/c1-19(29-17-20-6-8-23(28)9-7-20)33-10-12-34(13-11-33)27-25-15-22(16-26(25)30-18-31-27)21-4-3-5-24(14-21)32-37(2,35)36;1-18(29-16-19-5-7-22(27)8-6-19)32-9-11-33(12-10-32)26-24-14-21(15-25(24)30-17-31-26)20-3-2-4-23(13-20)36(28,34)35;1-18(29-16-19-3-5-22(27)6-4-19)32-9-11-33(12-10-32)26-23-13-21(14-24(23)30-17-31-26)20-7-8-28-25(15-20)34-2;1-17(27-13-18-3-5-21(26)6-4-18)32-7-9-33(10-8-32)24-22-11-19(12-23(22)30-16-31-24)20-14-28-25(34-2)29-15-20/h3-9,14-15,18,29,32H,1,10-13,16-17H2,2H3;2-8,13-14,17,29H,1,9-12,15-16H2,(H2,28,34,35);3-8,13,15,17,29H,1,9-12,14,16H2,2H3;3-6,11,14-16,27H,1,7-10,12-13H2,2H3. The maximum Gasteiger partial charge on any atom is 0.316 e. The highest BCUT2D eigenvalue weighted by molar-refractivity contribution is 7.92. The number of hydrogen-bond donors (Lipinski definition) is 6. The van der Waals surface area contributed by atoms with Crippen molar-refractivity contribution in [3.63, 3.8) is 0 Å². The van der Waals surface area contributed by atoms with E-state index in [4.69, 9.17) is 14.6 Å². The molecule has 20 rings (SSSR count). The van der Waals surface area contributed by atoms with Gasteiger partial charge in [-0.2, -0.15) is 0 Å². The molecule has 8 aliphatic rings. The first-order valence-electron chi connectivity index (χ1n) is 46.2. The van der Waals surface area contributed by atoms with E-state index in [1.54, 1.807) is 125 Å². The molecule has 4 aliphatic carbocycles. The molecule has 31 nitrogen and oxygen atoms in total. The van der Waals surface area contributed by atoms with Gasteiger partial charge in [0, 0.05) is 215 Å². The molecule has 0 bridgehead atoms. The second-order valence-electron chi connectivity index (χ2n) is 34.8. The third-order valence-electron chi connectivity index (χ3n) is 25.5. The largest absolute Gasteiger partial charge is 0.481 e. The summed E-state index contributed by atoms with van der Waals surface area (Å²) in [6.45, 7) is 32.1. The van der Waals surface area contributed by atoms with Crippen molar-refractivity contribution in [2.24, 2.45) is 5.14 Å². The van der Waals surface area contributed by atoms with Gasteiger partial charge in [0.25, 0.3) is 0 Å². The lowest BCUT2D eigenvalue weighted by Crippen LogP contribution is -2.48. The zero-order valence-corrected chi connectivity index (χ0v) is 80.1. The van der Waals surface area contributed by atoms with Crippen LogP contribution in [0.3, 0.4) is 0 Å². The van der Waals surface area contributed by atoms with Crippen molar-refractivity contribution < 1.29 is 43.9 Å². The Morgan fingerprint density at radius 2 is 0.667 bits per heavy atom. The predicted molar refractivity (Wildman–Crippen MR) is 541 cm³/mol. The number of primary sulfonamides is 1. The van der Waals surface area contributed by atoms with E-state index in [1.165, 1.54) is 60.2 Å². The number of nitrogens with one attached hydrogen (secondary N) is 5. The lowest BCUT2D eigenvalue weighted by Gasteiger charge is -2.38. The monoisotopic (exact) mass is 1940 g/mol. The lowest BCUT2D eigenvalue weighted by molar-refractivity contribution is 0.300. The lowest BCUT2D eigenvalue weighted by atomic mass is 10.0. The van der Waals surface area contributed by atoms with Crippen LogP contribution in [0, 0.1) is 23.3 Å². The van der Waals surface area contributed by atoms with Gasteiger partial charge in [-0.3, -0.25) is 4.72 Å². The Morgan fingerprint density at radius 1 is 0.362 bits per heavy atom. The van der Waals surface area contributed by atoms with Crippen molar-refractivity contribution in [1.29, 1.82) is 0 Å². The molecule has 0 radical (unpaired) electrons. The summed E-state index contributed by atoms with van der Waals surface area (Å²) in [7, 11) is -3.95. The number of methoxy groups -OCH3 is 2. The highest BCUT2D eigenvalue weighted by atomic mass is 32.2. The van der Waals surface area contributed by atoms with Crippen molar-refractivity contribution in [1.82, 2.24) is 95.7 Å². The van der Waals surface area contributed by atoms with Crippen LogP contribution in [-0.2, 0) is 71.9 Å². The molecule has 4 fully saturated rings. The van der Waals surface area contributed by atoms with Crippen LogP contribution in [0.25, 0.3) is 46.6 Å². The van der Waals surface area contributed by atoms with E-state index in [1.807, 2.05) is 42.5 Å². The van der Waals surface area contributed by atoms with Crippen molar-refractivity contribution in [3.05, 3.63) is 364 Å². The Hall–Kier alpha value is -15.6. The number of nitrogens with two attached hydrogens (primary N) is 1. The van der Waals surface area contributed by atoms with E-state index < -0.39 is 20.0 Å². The minimum atomic E-state index is -3.78. The molecule has 0 spiro atoms. The Morgan fingerprint density at radius 3 is 0.972 bits per heavy atom. The number of hydrogen-bond acceptors (Lipinski definition) is 29. The fourth-order valence-corrected chi connectivity index (χ4v) is 18.9. The van der Waals surface area contributed by atoms with Crippen LogP contribution >= 0.6 is 0 Å². The summed E-state index contributed by atoms with van der Waals surface area (Å²) in [5, 5.41) is 18.7. The van der Waals surface area contributed by atoms with Crippen LogP contribution in [0.1, 0.15) is 89.5 Å². The predicted octanol–water partition coefficient (Wildman–Crippen LogP) is 12.6. The number of fused-ring (bicyclic) bond motifs is 4. The number of aromatic nitrogens is 11. The topological polar surface area (TPSA) is 341 Å². The number of pyridine rings is 1. The first kappa shape index (κ1) is 97.0. The van der Waals surface area contributed by atoms with Gasteiger partial charge < -0.3 is 69.9 Å². The summed E-state index contributed by atoms with van der Waals surface area (Å²) in [5.74, 6) is 6.83. The first-order chi connectivity index (χ1) is 68.2. The molecule has 6 aromatic carbocycles. The van der Waals surface area contributed by atoms with Gasteiger partial charge in [-0.1, -0.05) is 99.1 Å². The van der Waals surface area contributed by atoms with Crippen LogP contribution in [0.15, 0.2) is 256 Å². The van der Waals surface area contributed by atoms with Gasteiger partial charge >= 0.3 is 6.01 Å². The van der Waals surface area contributed by atoms with E-state index in [2.05, 4.69) is 165 Å². The highest BCUT2D eigenvalue weighted by Gasteiger charge is 2.33. The Kier molecular flexibility index (Phi) is 30.3. The van der Waals surface area contributed by atoms with Gasteiger partial charge in [0.15, 0.2) is 0 Å². The third kappa shape index (κ3) is 24.6. The molecular formula is C104H109F4N25O6S2. The molecule has 4 aliphatic heterocycles. The second kappa shape index (κ2) is 44.0. The number of ether oxygens (including phenoxy) is 2. The molecule has 7 N–H and O–H groups in total. The molecule has 10 heterocycles.